The van der Waals surface area contributed by atoms with Crippen molar-refractivity contribution in [1.29, 1.82) is 0 Å². The highest BCUT2D eigenvalue weighted by Crippen LogP contribution is 2.26. The van der Waals surface area contributed by atoms with Gasteiger partial charge in [0.15, 0.2) is 0 Å². The molecule has 0 bridgehead atoms. The quantitative estimate of drug-likeness (QED) is 0.433. The van der Waals surface area contributed by atoms with Crippen molar-refractivity contribution >= 4 is 42.4 Å². The lowest BCUT2D eigenvalue weighted by atomic mass is 10.1. The number of fused-ring (bicyclic) bond motifs is 1. The van der Waals surface area contributed by atoms with Gasteiger partial charge in [-0.2, -0.15) is 5.10 Å². The largest absolute Gasteiger partial charge is 0.276 e. The van der Waals surface area contributed by atoms with E-state index in [2.05, 4.69) is 25.8 Å². The summed E-state index contributed by atoms with van der Waals surface area (Å²) in [5.41, 5.74) is 3.02. The highest BCUT2D eigenvalue weighted by Gasteiger charge is 2.20. The van der Waals surface area contributed by atoms with E-state index in [-0.39, 0.29) is 4.90 Å². The predicted octanol–water partition coefficient (Wildman–Crippen LogP) is 5.26. The number of sulfonamides is 1. The monoisotopic (exact) mass is 469 g/mol. The van der Waals surface area contributed by atoms with Crippen LogP contribution in [0.15, 0.2) is 76.1 Å². The molecule has 1 aromatic heterocycles. The van der Waals surface area contributed by atoms with Crippen LogP contribution in [0, 0.1) is 13.8 Å². The van der Waals surface area contributed by atoms with Crippen molar-refractivity contribution in [2.45, 2.75) is 25.3 Å². The van der Waals surface area contributed by atoms with Crippen LogP contribution in [0.3, 0.4) is 0 Å². The van der Waals surface area contributed by atoms with Gasteiger partial charge in [-0.15, -0.1) is 0 Å². The summed E-state index contributed by atoms with van der Waals surface area (Å²) in [5, 5.41) is 6.42. The standard InChI is InChI=1S/C22H20BrN3O2S/c1-15-22(16(2)26(24-15)14-17-7-10-20(23)11-8-17)25-29(27,28)21-12-9-18-5-3-4-6-19(18)13-21/h3-13,25H,14H2,1-2H3. The van der Waals surface area contributed by atoms with Crippen molar-refractivity contribution in [3.63, 3.8) is 0 Å². The summed E-state index contributed by atoms with van der Waals surface area (Å²) in [6.45, 7) is 4.25. The summed E-state index contributed by atoms with van der Waals surface area (Å²) in [6.07, 6.45) is 0. The van der Waals surface area contributed by atoms with E-state index >= 15 is 0 Å². The second kappa shape index (κ2) is 7.65. The second-order valence-electron chi connectivity index (χ2n) is 6.94. The van der Waals surface area contributed by atoms with E-state index in [1.54, 1.807) is 12.1 Å². The highest BCUT2D eigenvalue weighted by atomic mass is 79.9. The van der Waals surface area contributed by atoms with Gasteiger partial charge in [0.25, 0.3) is 10.0 Å². The Morgan fingerprint density at radius 2 is 1.66 bits per heavy atom. The van der Waals surface area contributed by atoms with E-state index in [9.17, 15) is 8.42 Å². The van der Waals surface area contributed by atoms with Crippen molar-refractivity contribution in [2.24, 2.45) is 0 Å². The van der Waals surface area contributed by atoms with E-state index in [1.165, 1.54) is 0 Å². The summed E-state index contributed by atoms with van der Waals surface area (Å²) < 4.78 is 31.6. The maximum Gasteiger partial charge on any atom is 0.262 e. The molecule has 0 atom stereocenters. The zero-order valence-electron chi connectivity index (χ0n) is 16.1. The van der Waals surface area contributed by atoms with Crippen molar-refractivity contribution in [1.82, 2.24) is 9.78 Å². The molecule has 0 radical (unpaired) electrons. The fraction of sp³-hybridized carbons (Fsp3) is 0.136. The van der Waals surface area contributed by atoms with E-state index in [0.717, 1.165) is 26.5 Å². The Morgan fingerprint density at radius 1 is 0.966 bits per heavy atom. The van der Waals surface area contributed by atoms with Crippen LogP contribution in [-0.4, -0.2) is 18.2 Å². The van der Waals surface area contributed by atoms with Gasteiger partial charge >= 0.3 is 0 Å². The fourth-order valence-electron chi connectivity index (χ4n) is 3.29. The zero-order chi connectivity index (χ0) is 20.6. The lowest BCUT2D eigenvalue weighted by Gasteiger charge is -2.10. The first-order chi connectivity index (χ1) is 13.8. The molecule has 3 aromatic carbocycles. The Labute approximate surface area is 178 Å². The molecule has 0 spiro atoms. The van der Waals surface area contributed by atoms with Gasteiger partial charge in [-0.25, -0.2) is 8.42 Å². The summed E-state index contributed by atoms with van der Waals surface area (Å²) in [7, 11) is -3.72. The minimum Gasteiger partial charge on any atom is -0.276 e. The number of hydrogen-bond donors (Lipinski definition) is 1. The number of anilines is 1. The molecule has 0 aliphatic carbocycles. The molecular weight excluding hydrogens is 450 g/mol. The Balaban J connectivity index is 1.64. The van der Waals surface area contributed by atoms with Gasteiger partial charge in [0, 0.05) is 4.47 Å². The maximum atomic E-state index is 13.0. The first kappa shape index (κ1) is 19.7. The number of benzene rings is 3. The Morgan fingerprint density at radius 3 is 2.38 bits per heavy atom. The van der Waals surface area contributed by atoms with Gasteiger partial charge in [-0.05, 0) is 54.4 Å². The highest BCUT2D eigenvalue weighted by molar-refractivity contribution is 9.10. The summed E-state index contributed by atoms with van der Waals surface area (Å²) >= 11 is 3.43. The predicted molar refractivity (Wildman–Crippen MR) is 120 cm³/mol. The van der Waals surface area contributed by atoms with Crippen molar-refractivity contribution in [3.05, 3.63) is 88.2 Å². The maximum absolute atomic E-state index is 13.0. The molecule has 5 nitrogen and oxygen atoms in total. The first-order valence-electron chi connectivity index (χ1n) is 9.13. The summed E-state index contributed by atoms with van der Waals surface area (Å²) in [4.78, 5) is 0.232. The Kier molecular flexibility index (Phi) is 5.19. The topological polar surface area (TPSA) is 64.0 Å². The molecular formula is C22H20BrN3O2S. The van der Waals surface area contributed by atoms with E-state index in [0.29, 0.717) is 17.9 Å². The van der Waals surface area contributed by atoms with E-state index in [1.807, 2.05) is 73.1 Å². The number of aromatic nitrogens is 2. The first-order valence-corrected chi connectivity index (χ1v) is 11.4. The number of nitrogens with one attached hydrogen (secondary N) is 1. The molecule has 0 unspecified atom stereocenters. The van der Waals surface area contributed by atoms with Gasteiger partial charge in [0.05, 0.1) is 28.5 Å². The van der Waals surface area contributed by atoms with Crippen LogP contribution in [0.5, 0.6) is 0 Å². The lowest BCUT2D eigenvalue weighted by Crippen LogP contribution is -2.14. The molecule has 29 heavy (non-hydrogen) atoms. The van der Waals surface area contributed by atoms with Crippen LogP contribution in [0.1, 0.15) is 17.0 Å². The SMILES string of the molecule is Cc1nn(Cc2ccc(Br)cc2)c(C)c1NS(=O)(=O)c1ccc2ccccc2c1. The normalized spacial score (nSPS) is 11.7. The molecule has 0 saturated carbocycles. The van der Waals surface area contributed by atoms with Crippen LogP contribution in [0.4, 0.5) is 5.69 Å². The molecule has 0 fully saturated rings. The Bertz CT molecular complexity index is 1300. The van der Waals surface area contributed by atoms with Gasteiger partial charge in [0.2, 0.25) is 0 Å². The fourth-order valence-corrected chi connectivity index (χ4v) is 4.76. The Hall–Kier alpha value is -2.64. The number of halogens is 1. The third-order valence-corrected chi connectivity index (χ3v) is 6.77. The third kappa shape index (κ3) is 4.06. The smallest absolute Gasteiger partial charge is 0.262 e. The van der Waals surface area contributed by atoms with Gasteiger partial charge in [-0.3, -0.25) is 9.40 Å². The van der Waals surface area contributed by atoms with Crippen molar-refractivity contribution in [3.8, 4) is 0 Å². The molecule has 0 saturated heterocycles. The van der Waals surface area contributed by atoms with Gasteiger partial charge in [-0.1, -0.05) is 58.4 Å². The molecule has 4 aromatic rings. The molecule has 0 amide bonds. The van der Waals surface area contributed by atoms with Gasteiger partial charge < -0.3 is 0 Å². The molecule has 0 aliphatic rings. The van der Waals surface area contributed by atoms with Crippen LogP contribution in [-0.2, 0) is 16.6 Å². The van der Waals surface area contributed by atoms with Crippen molar-refractivity contribution in [2.75, 3.05) is 4.72 Å². The molecule has 148 valence electrons. The van der Waals surface area contributed by atoms with Crippen LogP contribution >= 0.6 is 15.9 Å². The number of nitrogens with zero attached hydrogens (tertiary/aromatic N) is 2. The lowest BCUT2D eigenvalue weighted by molar-refractivity contribution is 0.601. The number of aryl methyl sites for hydroxylation is 1. The van der Waals surface area contributed by atoms with Crippen LogP contribution in [0.2, 0.25) is 0 Å². The van der Waals surface area contributed by atoms with E-state index in [4.69, 9.17) is 0 Å². The molecule has 1 heterocycles. The zero-order valence-corrected chi connectivity index (χ0v) is 18.5. The second-order valence-corrected chi connectivity index (χ2v) is 9.54. The summed E-state index contributed by atoms with van der Waals surface area (Å²) in [5.74, 6) is 0. The molecule has 7 heteroatoms. The van der Waals surface area contributed by atoms with Crippen molar-refractivity contribution < 1.29 is 8.42 Å². The number of rotatable bonds is 5. The average Bonchev–Trinajstić information content (AvgIpc) is 2.96. The average molecular weight is 470 g/mol. The minimum absolute atomic E-state index is 0.232. The van der Waals surface area contributed by atoms with Crippen LogP contribution in [0.25, 0.3) is 10.8 Å². The third-order valence-electron chi connectivity index (χ3n) is 4.89. The molecule has 1 N–H and O–H groups in total. The number of hydrogen-bond acceptors (Lipinski definition) is 3. The molecule has 4 rings (SSSR count). The van der Waals surface area contributed by atoms with Gasteiger partial charge in [0.1, 0.15) is 0 Å². The van der Waals surface area contributed by atoms with Crippen LogP contribution < -0.4 is 4.72 Å². The summed E-state index contributed by atoms with van der Waals surface area (Å²) in [6, 6.07) is 20.8. The van der Waals surface area contributed by atoms with E-state index < -0.39 is 10.0 Å². The molecule has 0 aliphatic heterocycles. The minimum atomic E-state index is -3.72.